The average Bonchev–Trinajstić information content (AvgIpc) is 2.42. The molecule has 0 radical (unpaired) electrons. The van der Waals surface area contributed by atoms with Crippen molar-refractivity contribution in [2.45, 2.75) is 58.6 Å². The Morgan fingerprint density at radius 1 is 1.11 bits per heavy atom. The molecule has 0 bridgehead atoms. The molecule has 1 rings (SSSR count). The lowest BCUT2D eigenvalue weighted by Crippen LogP contribution is -2.05. The van der Waals surface area contributed by atoms with E-state index in [0.29, 0.717) is 6.54 Å². The van der Waals surface area contributed by atoms with E-state index in [9.17, 15) is 0 Å². The van der Waals surface area contributed by atoms with Crippen LogP contribution in [-0.4, -0.2) is 7.11 Å². The minimum atomic E-state index is 0.210. The van der Waals surface area contributed by atoms with Crippen molar-refractivity contribution in [3.05, 3.63) is 34.9 Å². The summed E-state index contributed by atoms with van der Waals surface area (Å²) in [5, 5.41) is 0. The fraction of sp³-hybridized carbons (Fsp3) is 0.625. The van der Waals surface area contributed by atoms with Crippen molar-refractivity contribution in [3.63, 3.8) is 0 Å². The van der Waals surface area contributed by atoms with E-state index in [1.807, 2.05) is 0 Å². The number of ether oxygens (including phenoxy) is 1. The molecule has 0 fully saturated rings. The lowest BCUT2D eigenvalue weighted by Gasteiger charge is -2.17. The van der Waals surface area contributed by atoms with Crippen molar-refractivity contribution in [1.29, 1.82) is 0 Å². The second-order valence-electron chi connectivity index (χ2n) is 4.90. The second-order valence-corrected chi connectivity index (χ2v) is 4.90. The first kappa shape index (κ1) is 15.2. The quantitative estimate of drug-likeness (QED) is 0.756. The van der Waals surface area contributed by atoms with Crippen LogP contribution in [0, 0.1) is 0 Å². The van der Waals surface area contributed by atoms with Gasteiger partial charge in [-0.25, -0.2) is 0 Å². The summed E-state index contributed by atoms with van der Waals surface area (Å²) in [5.74, 6) is 0. The molecule has 1 atom stereocenters. The summed E-state index contributed by atoms with van der Waals surface area (Å²) < 4.78 is 5.59. The Morgan fingerprint density at radius 3 is 2.39 bits per heavy atom. The predicted octanol–water partition coefficient (Wildman–Crippen LogP) is 3.98. The van der Waals surface area contributed by atoms with Crippen molar-refractivity contribution < 1.29 is 4.74 Å². The first-order chi connectivity index (χ1) is 8.74. The molecule has 0 amide bonds. The normalized spacial score (nSPS) is 12.7. The van der Waals surface area contributed by atoms with Gasteiger partial charge in [-0.05, 0) is 36.0 Å². The minimum absolute atomic E-state index is 0.210. The number of unbranched alkanes of at least 4 members (excludes halogenated alkanes) is 1. The SMILES string of the molecule is CCCCc1cc(CN)cc(C(CCC)OC)c1. The van der Waals surface area contributed by atoms with E-state index in [2.05, 4.69) is 32.0 Å². The number of hydrogen-bond donors (Lipinski definition) is 1. The molecule has 2 N–H and O–H groups in total. The second kappa shape index (κ2) is 8.28. The Morgan fingerprint density at radius 2 is 1.83 bits per heavy atom. The van der Waals surface area contributed by atoms with Crippen molar-refractivity contribution in [3.8, 4) is 0 Å². The molecule has 1 unspecified atom stereocenters. The van der Waals surface area contributed by atoms with Crippen LogP contribution in [0.1, 0.15) is 62.3 Å². The molecule has 0 aromatic heterocycles. The van der Waals surface area contributed by atoms with Gasteiger partial charge in [-0.3, -0.25) is 0 Å². The molecule has 0 aliphatic carbocycles. The van der Waals surface area contributed by atoms with Gasteiger partial charge in [0.25, 0.3) is 0 Å². The van der Waals surface area contributed by atoms with Gasteiger partial charge in [0.2, 0.25) is 0 Å². The van der Waals surface area contributed by atoms with E-state index < -0.39 is 0 Å². The van der Waals surface area contributed by atoms with Gasteiger partial charge < -0.3 is 10.5 Å². The lowest BCUT2D eigenvalue weighted by atomic mass is 9.97. The fourth-order valence-electron chi connectivity index (χ4n) is 2.30. The van der Waals surface area contributed by atoms with Crippen molar-refractivity contribution in [2.75, 3.05) is 7.11 Å². The fourth-order valence-corrected chi connectivity index (χ4v) is 2.30. The van der Waals surface area contributed by atoms with Crippen LogP contribution in [0.5, 0.6) is 0 Å². The zero-order valence-corrected chi connectivity index (χ0v) is 12.0. The van der Waals surface area contributed by atoms with E-state index in [-0.39, 0.29) is 6.10 Å². The zero-order valence-electron chi connectivity index (χ0n) is 12.0. The van der Waals surface area contributed by atoms with Gasteiger partial charge in [0.1, 0.15) is 0 Å². The van der Waals surface area contributed by atoms with Crippen LogP contribution in [0.4, 0.5) is 0 Å². The topological polar surface area (TPSA) is 35.2 Å². The molecular weight excluding hydrogens is 222 g/mol. The molecule has 0 aliphatic heterocycles. The van der Waals surface area contributed by atoms with Gasteiger partial charge in [0.05, 0.1) is 6.10 Å². The number of methoxy groups -OCH3 is 1. The molecule has 102 valence electrons. The van der Waals surface area contributed by atoms with Crippen LogP contribution in [0.15, 0.2) is 18.2 Å². The Kier molecular flexibility index (Phi) is 6.99. The summed E-state index contributed by atoms with van der Waals surface area (Å²) >= 11 is 0. The Bertz CT molecular complexity index is 349. The molecule has 1 aromatic carbocycles. The van der Waals surface area contributed by atoms with Gasteiger partial charge in [-0.15, -0.1) is 0 Å². The van der Waals surface area contributed by atoms with E-state index in [1.54, 1.807) is 7.11 Å². The maximum Gasteiger partial charge on any atom is 0.0821 e. The van der Waals surface area contributed by atoms with Crippen molar-refractivity contribution >= 4 is 0 Å². The Balaban J connectivity index is 2.94. The van der Waals surface area contributed by atoms with Crippen LogP contribution < -0.4 is 5.73 Å². The summed E-state index contributed by atoms with van der Waals surface area (Å²) in [5.41, 5.74) is 9.69. The lowest BCUT2D eigenvalue weighted by molar-refractivity contribution is 0.0949. The zero-order chi connectivity index (χ0) is 13.4. The first-order valence-corrected chi connectivity index (χ1v) is 7.10. The molecule has 0 saturated heterocycles. The van der Waals surface area contributed by atoms with Crippen molar-refractivity contribution in [1.82, 2.24) is 0 Å². The van der Waals surface area contributed by atoms with Gasteiger partial charge >= 0.3 is 0 Å². The van der Waals surface area contributed by atoms with Crippen LogP contribution in [0.3, 0.4) is 0 Å². The summed E-state index contributed by atoms with van der Waals surface area (Å²) in [6.07, 6.45) is 6.01. The van der Waals surface area contributed by atoms with E-state index in [4.69, 9.17) is 10.5 Å². The van der Waals surface area contributed by atoms with Gasteiger partial charge in [0, 0.05) is 13.7 Å². The molecule has 2 heteroatoms. The minimum Gasteiger partial charge on any atom is -0.377 e. The monoisotopic (exact) mass is 249 g/mol. The summed E-state index contributed by atoms with van der Waals surface area (Å²) in [7, 11) is 1.79. The third-order valence-corrected chi connectivity index (χ3v) is 3.34. The summed E-state index contributed by atoms with van der Waals surface area (Å²) in [6, 6.07) is 6.72. The molecule has 1 aromatic rings. The maximum absolute atomic E-state index is 5.79. The highest BCUT2D eigenvalue weighted by molar-refractivity contribution is 5.31. The van der Waals surface area contributed by atoms with Crippen LogP contribution >= 0.6 is 0 Å². The number of hydrogen-bond acceptors (Lipinski definition) is 2. The number of nitrogens with two attached hydrogens (primary N) is 1. The highest BCUT2D eigenvalue weighted by Gasteiger charge is 2.11. The molecule has 18 heavy (non-hydrogen) atoms. The smallest absolute Gasteiger partial charge is 0.0821 e. The van der Waals surface area contributed by atoms with Crippen molar-refractivity contribution in [2.24, 2.45) is 5.73 Å². The Hall–Kier alpha value is -0.860. The molecule has 0 heterocycles. The number of rotatable bonds is 8. The van der Waals surface area contributed by atoms with E-state index >= 15 is 0 Å². The number of aryl methyl sites for hydroxylation is 1. The Labute approximate surface area is 112 Å². The van der Waals surface area contributed by atoms with Gasteiger partial charge in [0.15, 0.2) is 0 Å². The molecule has 0 saturated carbocycles. The van der Waals surface area contributed by atoms with Gasteiger partial charge in [-0.2, -0.15) is 0 Å². The molecule has 0 aliphatic rings. The van der Waals surface area contributed by atoms with Gasteiger partial charge in [-0.1, -0.05) is 44.9 Å². The van der Waals surface area contributed by atoms with Crippen LogP contribution in [-0.2, 0) is 17.7 Å². The largest absolute Gasteiger partial charge is 0.377 e. The summed E-state index contributed by atoms with van der Waals surface area (Å²) in [4.78, 5) is 0. The molecular formula is C16H27NO. The van der Waals surface area contributed by atoms with E-state index in [1.165, 1.54) is 29.5 Å². The predicted molar refractivity (Wildman–Crippen MR) is 77.6 cm³/mol. The van der Waals surface area contributed by atoms with E-state index in [0.717, 1.165) is 19.3 Å². The number of benzene rings is 1. The summed E-state index contributed by atoms with van der Waals surface area (Å²) in [6.45, 7) is 5.02. The molecule has 0 spiro atoms. The maximum atomic E-state index is 5.79. The van der Waals surface area contributed by atoms with Crippen LogP contribution in [0.25, 0.3) is 0 Å². The third-order valence-electron chi connectivity index (χ3n) is 3.34. The first-order valence-electron chi connectivity index (χ1n) is 7.10. The average molecular weight is 249 g/mol. The van der Waals surface area contributed by atoms with Crippen LogP contribution in [0.2, 0.25) is 0 Å². The highest BCUT2D eigenvalue weighted by Crippen LogP contribution is 2.25. The highest BCUT2D eigenvalue weighted by atomic mass is 16.5. The molecule has 2 nitrogen and oxygen atoms in total. The standard InChI is InChI=1S/C16H27NO/c1-4-6-8-13-9-14(12-17)11-15(10-13)16(18-3)7-5-2/h9-11,16H,4-8,12,17H2,1-3H3. The third kappa shape index (κ3) is 4.43.